The van der Waals surface area contributed by atoms with Crippen LogP contribution >= 0.6 is 43.6 Å². The van der Waals surface area contributed by atoms with Crippen LogP contribution in [0.15, 0.2) is 93.9 Å². The van der Waals surface area contributed by atoms with E-state index in [2.05, 4.69) is 156 Å². The van der Waals surface area contributed by atoms with Crippen LogP contribution in [0.25, 0.3) is 0 Å². The van der Waals surface area contributed by atoms with E-state index < -0.39 is 0 Å². The number of hydrogen-bond acceptors (Lipinski definition) is 1. The molecule has 0 aromatic heterocycles. The van der Waals surface area contributed by atoms with E-state index >= 15 is 0 Å². The van der Waals surface area contributed by atoms with Gasteiger partial charge in [0.2, 0.25) is 0 Å². The van der Waals surface area contributed by atoms with Crippen molar-refractivity contribution in [2.75, 3.05) is 0 Å². The van der Waals surface area contributed by atoms with Crippen molar-refractivity contribution in [2.45, 2.75) is 166 Å². The molecule has 2 saturated carbocycles. The summed E-state index contributed by atoms with van der Waals surface area (Å²) in [5, 5.41) is 0.350. The molecule has 0 aliphatic heterocycles. The van der Waals surface area contributed by atoms with E-state index in [0.717, 1.165) is 24.7 Å². The monoisotopic (exact) mass is 882 g/mol. The summed E-state index contributed by atoms with van der Waals surface area (Å²) in [5.41, 5.74) is 11.3. The van der Waals surface area contributed by atoms with Crippen LogP contribution in [0, 0.1) is 11.8 Å². The summed E-state index contributed by atoms with van der Waals surface area (Å²) in [6.45, 7) is 9.16. The molecule has 2 aliphatic rings. The Morgan fingerprint density at radius 1 is 0.491 bits per heavy atom. The summed E-state index contributed by atoms with van der Waals surface area (Å²) in [7, 11) is 0. The Bertz CT molecular complexity index is 1600. The molecule has 0 saturated heterocycles. The normalized spacial score (nSPS) is 21.3. The number of unbranched alkanes of at least 4 members (excludes halogenated alkanes) is 4. The lowest BCUT2D eigenvalue weighted by molar-refractivity contribution is 0.302. The Morgan fingerprint density at radius 3 is 1.20 bits per heavy atom. The van der Waals surface area contributed by atoms with Crippen molar-refractivity contribution in [3.8, 4) is 0 Å². The zero-order valence-corrected chi connectivity index (χ0v) is 38.4. The van der Waals surface area contributed by atoms with Crippen LogP contribution in [0.4, 0.5) is 0 Å². The van der Waals surface area contributed by atoms with Crippen LogP contribution in [-0.2, 0) is 12.8 Å². The Morgan fingerprint density at radius 2 is 0.873 bits per heavy atom. The minimum absolute atomic E-state index is 0.175. The third-order valence-corrected chi connectivity index (χ3v) is 16.3. The summed E-state index contributed by atoms with van der Waals surface area (Å²) < 4.78 is 2.51. The van der Waals surface area contributed by atoms with Gasteiger partial charge in [-0.15, -0.1) is 11.8 Å². The van der Waals surface area contributed by atoms with Gasteiger partial charge in [-0.2, -0.15) is 0 Å². The fraction of sp³-hybridized carbons (Fsp3) is 0.538. The summed E-state index contributed by atoms with van der Waals surface area (Å²) in [4.78, 5) is 0. The van der Waals surface area contributed by atoms with E-state index in [0.29, 0.717) is 11.8 Å². The van der Waals surface area contributed by atoms with Gasteiger partial charge in [0.15, 0.2) is 0 Å². The third-order valence-electron chi connectivity index (χ3n) is 13.3. The first-order valence-corrected chi connectivity index (χ1v) is 24.8. The van der Waals surface area contributed by atoms with Gasteiger partial charge in [0.25, 0.3) is 0 Å². The molecule has 6 rings (SSSR count). The quantitative estimate of drug-likeness (QED) is 0.0897. The second kappa shape index (κ2) is 21.8. The molecule has 296 valence electrons. The summed E-state index contributed by atoms with van der Waals surface area (Å²) in [5.74, 6) is 3.23. The molecule has 4 aromatic rings. The van der Waals surface area contributed by atoms with Crippen LogP contribution < -0.4 is 0 Å². The highest BCUT2D eigenvalue weighted by molar-refractivity contribution is 9.10. The van der Waals surface area contributed by atoms with E-state index in [-0.39, 0.29) is 10.5 Å². The van der Waals surface area contributed by atoms with Crippen molar-refractivity contribution < 1.29 is 0 Å². The molecule has 0 radical (unpaired) electrons. The lowest BCUT2D eigenvalue weighted by atomic mass is 9.77. The number of hydrogen-bond donors (Lipinski definition) is 0. The topological polar surface area (TPSA) is 0 Å². The van der Waals surface area contributed by atoms with Gasteiger partial charge < -0.3 is 0 Å². The van der Waals surface area contributed by atoms with Crippen molar-refractivity contribution in [2.24, 2.45) is 11.8 Å². The maximum Gasteiger partial charge on any atom is 0.0567 e. The number of rotatable bonds is 18. The van der Waals surface area contributed by atoms with Gasteiger partial charge in [-0.1, -0.05) is 184 Å². The van der Waals surface area contributed by atoms with Crippen molar-refractivity contribution in [3.63, 3.8) is 0 Å². The smallest absolute Gasteiger partial charge is 0.0567 e. The van der Waals surface area contributed by atoms with Crippen molar-refractivity contribution in [3.05, 3.63) is 138 Å². The summed E-state index contributed by atoms with van der Waals surface area (Å²) >= 11 is 10.5. The van der Waals surface area contributed by atoms with Crippen molar-refractivity contribution >= 4 is 43.6 Å². The van der Waals surface area contributed by atoms with Crippen molar-refractivity contribution in [1.82, 2.24) is 0 Å². The highest BCUT2D eigenvalue weighted by atomic mass is 79.9. The fourth-order valence-electron chi connectivity index (χ4n) is 9.61. The molecule has 0 bridgehead atoms. The van der Waals surface area contributed by atoms with Gasteiger partial charge in [0, 0.05) is 8.95 Å². The van der Waals surface area contributed by atoms with Gasteiger partial charge >= 0.3 is 0 Å². The molecule has 2 aliphatic carbocycles. The maximum atomic E-state index is 4.18. The second-order valence-corrected chi connectivity index (χ2v) is 20.0. The van der Waals surface area contributed by atoms with Crippen LogP contribution in [0.5, 0.6) is 0 Å². The molecular formula is C52H68Br2S. The van der Waals surface area contributed by atoms with Gasteiger partial charge in [-0.25, -0.2) is 0 Å². The Balaban J connectivity index is 1.28. The van der Waals surface area contributed by atoms with Crippen LogP contribution in [0.3, 0.4) is 0 Å². The van der Waals surface area contributed by atoms with Gasteiger partial charge in [-0.3, -0.25) is 0 Å². The highest BCUT2D eigenvalue weighted by Gasteiger charge is 2.29. The Kier molecular flexibility index (Phi) is 17.0. The van der Waals surface area contributed by atoms with Crippen LogP contribution in [0.2, 0.25) is 0 Å². The Labute approximate surface area is 357 Å². The Hall–Kier alpha value is -1.81. The molecule has 0 amide bonds. The lowest BCUT2D eigenvalue weighted by Gasteiger charge is -2.31. The van der Waals surface area contributed by atoms with E-state index in [1.807, 2.05) is 0 Å². The predicted molar refractivity (Wildman–Crippen MR) is 249 cm³/mol. The summed E-state index contributed by atoms with van der Waals surface area (Å²) in [6.07, 6.45) is 24.1. The molecular weight excluding hydrogens is 816 g/mol. The minimum Gasteiger partial charge on any atom is -0.136 e. The first-order valence-electron chi connectivity index (χ1n) is 22.3. The largest absolute Gasteiger partial charge is 0.136 e. The highest BCUT2D eigenvalue weighted by Crippen LogP contribution is 2.52. The van der Waals surface area contributed by atoms with Crippen molar-refractivity contribution in [1.29, 1.82) is 0 Å². The zero-order chi connectivity index (χ0) is 38.6. The first kappa shape index (κ1) is 42.8. The number of thioether (sulfide) groups is 1. The average molecular weight is 885 g/mol. The lowest BCUT2D eigenvalue weighted by Crippen LogP contribution is -2.14. The molecule has 55 heavy (non-hydrogen) atoms. The van der Waals surface area contributed by atoms with E-state index in [1.165, 1.54) is 156 Å². The second-order valence-electron chi connectivity index (χ2n) is 17.1. The fourth-order valence-corrected chi connectivity index (χ4v) is 12.8. The van der Waals surface area contributed by atoms with Gasteiger partial charge in [0.05, 0.1) is 10.5 Å². The van der Waals surface area contributed by atoms with Crippen LogP contribution in [0.1, 0.15) is 197 Å². The van der Waals surface area contributed by atoms with Gasteiger partial charge in [-0.05, 0) is 145 Å². The molecule has 0 N–H and O–H groups in total. The number of halogens is 2. The average Bonchev–Trinajstić information content (AvgIpc) is 3.22. The molecule has 0 heterocycles. The van der Waals surface area contributed by atoms with Crippen LogP contribution in [-0.4, -0.2) is 0 Å². The first-order chi connectivity index (χ1) is 26.9. The number of benzene rings is 4. The molecule has 3 heteroatoms. The molecule has 2 fully saturated rings. The van der Waals surface area contributed by atoms with E-state index in [4.69, 9.17) is 0 Å². The number of aryl methyl sites for hydroxylation is 2. The summed E-state index contributed by atoms with van der Waals surface area (Å²) in [6, 6.07) is 33.8. The van der Waals surface area contributed by atoms with E-state index in [1.54, 1.807) is 0 Å². The minimum atomic E-state index is 0.175. The standard InChI is InChI=1S/C52H68Br2S/c1-5-9-11-13-39-19-23-41(24-20-39)45-31-33-47(49(53)35-45)51(43-27-15-37(7-3)16-28-43)55-52(44-29-17-38(8-4)18-30-44)48-34-32-46(36-50(48)54)42-25-21-40(22-26-42)14-12-10-6-2/h15-18,27-36,39-42,51-52H,5-14,19-26H2,1-4H3. The van der Waals surface area contributed by atoms with E-state index in [9.17, 15) is 0 Å². The molecule has 0 nitrogen and oxygen atoms in total. The third kappa shape index (κ3) is 11.7. The molecule has 4 aromatic carbocycles. The SMILES string of the molecule is CCCCCC1CCC(c2ccc(C(SC(c3ccc(CC)cc3)c3ccc(C4CCC(CCCCC)CC4)cc3Br)c3ccc(CC)cc3)c(Br)c2)CC1. The maximum absolute atomic E-state index is 4.18. The zero-order valence-electron chi connectivity index (χ0n) is 34.4. The van der Waals surface area contributed by atoms with Gasteiger partial charge in [0.1, 0.15) is 0 Å². The molecule has 0 spiro atoms. The molecule has 2 atom stereocenters. The molecule has 2 unspecified atom stereocenters. The predicted octanol–water partition coefficient (Wildman–Crippen LogP) is 17.7.